The summed E-state index contributed by atoms with van der Waals surface area (Å²) in [5.74, 6) is 0.402. The molecule has 1 saturated heterocycles. The quantitative estimate of drug-likeness (QED) is 0.701. The number of benzene rings is 1. The standard InChI is InChI=1S/C28H42N2O3/c1-19(27(33)30-16-8-5-9-17-30)22-12-14-28(3)15-13-23(20(2)25(28)26(22)32)29-24(31)18-21-10-6-4-7-11-21/h4,6-7,10-11,19-20,22-23,25-26,32H,5,8-9,12-18H2,1-3H3,(H,29,31). The molecule has 4 rings (SSSR count). The third-order valence-electron chi connectivity index (χ3n) is 9.14. The van der Waals surface area contributed by atoms with Crippen LogP contribution in [-0.2, 0) is 16.0 Å². The summed E-state index contributed by atoms with van der Waals surface area (Å²) >= 11 is 0. The lowest BCUT2D eigenvalue weighted by Crippen LogP contribution is -2.58. The van der Waals surface area contributed by atoms with Gasteiger partial charge >= 0.3 is 0 Å². The van der Waals surface area contributed by atoms with Crippen molar-refractivity contribution in [1.29, 1.82) is 0 Å². The van der Waals surface area contributed by atoms with Gasteiger partial charge in [-0.1, -0.05) is 51.1 Å². The molecular formula is C28H42N2O3. The van der Waals surface area contributed by atoms with Crippen LogP contribution in [0.5, 0.6) is 0 Å². The number of amides is 2. The molecule has 7 atom stereocenters. The Hall–Kier alpha value is -1.88. The van der Waals surface area contributed by atoms with Gasteiger partial charge in [-0.3, -0.25) is 9.59 Å². The van der Waals surface area contributed by atoms with Crippen LogP contribution < -0.4 is 5.32 Å². The minimum atomic E-state index is -0.503. The van der Waals surface area contributed by atoms with E-state index < -0.39 is 6.10 Å². The van der Waals surface area contributed by atoms with Gasteiger partial charge in [-0.25, -0.2) is 0 Å². The number of fused-ring (bicyclic) bond motifs is 1. The Morgan fingerprint density at radius 1 is 1.12 bits per heavy atom. The smallest absolute Gasteiger partial charge is 0.225 e. The lowest BCUT2D eigenvalue weighted by Gasteiger charge is -2.56. The number of nitrogens with one attached hydrogen (secondary N) is 1. The van der Waals surface area contributed by atoms with Gasteiger partial charge < -0.3 is 15.3 Å². The van der Waals surface area contributed by atoms with Crippen molar-refractivity contribution in [2.75, 3.05) is 13.1 Å². The Balaban J connectivity index is 1.43. The first-order valence-electron chi connectivity index (χ1n) is 13.1. The lowest BCUT2D eigenvalue weighted by molar-refractivity contribution is -0.151. The molecule has 2 amide bonds. The molecule has 7 unspecified atom stereocenters. The maximum atomic E-state index is 13.2. The molecule has 1 aromatic carbocycles. The zero-order valence-corrected chi connectivity index (χ0v) is 20.6. The van der Waals surface area contributed by atoms with E-state index in [0.717, 1.165) is 57.2 Å². The number of piperidine rings is 1. The van der Waals surface area contributed by atoms with Crippen molar-refractivity contribution in [3.8, 4) is 0 Å². The molecule has 1 aliphatic heterocycles. The van der Waals surface area contributed by atoms with Gasteiger partial charge in [-0.05, 0) is 73.7 Å². The van der Waals surface area contributed by atoms with E-state index in [0.29, 0.717) is 6.42 Å². The van der Waals surface area contributed by atoms with Crippen molar-refractivity contribution in [2.45, 2.75) is 84.3 Å². The largest absolute Gasteiger partial charge is 0.392 e. The summed E-state index contributed by atoms with van der Waals surface area (Å²) in [5, 5.41) is 14.9. The van der Waals surface area contributed by atoms with Gasteiger partial charge in [0.25, 0.3) is 0 Å². The first-order chi connectivity index (χ1) is 15.8. The second-order valence-corrected chi connectivity index (χ2v) is 11.3. The molecule has 3 fully saturated rings. The van der Waals surface area contributed by atoms with Crippen molar-refractivity contribution in [3.05, 3.63) is 35.9 Å². The van der Waals surface area contributed by atoms with Crippen LogP contribution in [0, 0.1) is 29.1 Å². The fourth-order valence-electron chi connectivity index (χ4n) is 7.12. The van der Waals surface area contributed by atoms with Crippen LogP contribution in [0.2, 0.25) is 0 Å². The molecule has 3 aliphatic rings. The molecule has 0 bridgehead atoms. The van der Waals surface area contributed by atoms with Gasteiger partial charge in [0.05, 0.1) is 12.5 Å². The van der Waals surface area contributed by atoms with Crippen molar-refractivity contribution in [1.82, 2.24) is 10.2 Å². The van der Waals surface area contributed by atoms with Crippen LogP contribution in [-0.4, -0.2) is 47.1 Å². The van der Waals surface area contributed by atoms with E-state index in [1.165, 1.54) is 6.42 Å². The fourth-order valence-corrected chi connectivity index (χ4v) is 7.12. The van der Waals surface area contributed by atoms with E-state index in [-0.39, 0.29) is 46.9 Å². The first kappa shape index (κ1) is 24.3. The Labute approximate surface area is 199 Å². The Bertz CT molecular complexity index is 822. The Kier molecular flexibility index (Phi) is 7.47. The van der Waals surface area contributed by atoms with E-state index in [4.69, 9.17) is 0 Å². The second kappa shape index (κ2) is 10.2. The van der Waals surface area contributed by atoms with Gasteiger partial charge in [-0.2, -0.15) is 0 Å². The van der Waals surface area contributed by atoms with Gasteiger partial charge in [0, 0.05) is 25.0 Å². The zero-order valence-electron chi connectivity index (χ0n) is 20.6. The van der Waals surface area contributed by atoms with Gasteiger partial charge in [-0.15, -0.1) is 0 Å². The highest BCUT2D eigenvalue weighted by atomic mass is 16.3. The number of nitrogens with zero attached hydrogens (tertiary/aromatic N) is 1. The third kappa shape index (κ3) is 5.13. The maximum Gasteiger partial charge on any atom is 0.225 e. The van der Waals surface area contributed by atoms with Crippen molar-refractivity contribution < 1.29 is 14.7 Å². The number of hydrogen-bond donors (Lipinski definition) is 2. The van der Waals surface area contributed by atoms with E-state index >= 15 is 0 Å². The van der Waals surface area contributed by atoms with Crippen LogP contribution in [0.25, 0.3) is 0 Å². The normalized spacial score (nSPS) is 35.4. The number of hydrogen-bond acceptors (Lipinski definition) is 3. The molecule has 0 spiro atoms. The van der Waals surface area contributed by atoms with Crippen LogP contribution in [0.4, 0.5) is 0 Å². The van der Waals surface area contributed by atoms with E-state index in [9.17, 15) is 14.7 Å². The molecular weight excluding hydrogens is 412 g/mol. The Morgan fingerprint density at radius 3 is 2.48 bits per heavy atom. The number of carbonyl (C=O) groups excluding carboxylic acids is 2. The fraction of sp³-hybridized carbons (Fsp3) is 0.714. The van der Waals surface area contributed by atoms with Crippen LogP contribution in [0.15, 0.2) is 30.3 Å². The molecule has 33 heavy (non-hydrogen) atoms. The molecule has 5 heteroatoms. The highest BCUT2D eigenvalue weighted by molar-refractivity contribution is 5.79. The molecule has 2 aliphatic carbocycles. The first-order valence-corrected chi connectivity index (χ1v) is 13.1. The van der Waals surface area contributed by atoms with Crippen molar-refractivity contribution in [3.63, 3.8) is 0 Å². The van der Waals surface area contributed by atoms with Gasteiger partial charge in [0.1, 0.15) is 0 Å². The number of aliphatic hydroxyl groups is 1. The predicted molar refractivity (Wildman–Crippen MR) is 130 cm³/mol. The summed E-state index contributed by atoms with van der Waals surface area (Å²) in [6.45, 7) is 8.25. The third-order valence-corrected chi connectivity index (χ3v) is 9.14. The molecule has 0 radical (unpaired) electrons. The van der Waals surface area contributed by atoms with E-state index in [1.807, 2.05) is 42.2 Å². The summed E-state index contributed by atoms with van der Waals surface area (Å²) in [4.78, 5) is 28.0. The predicted octanol–water partition coefficient (Wildman–Crippen LogP) is 4.19. The molecule has 1 heterocycles. The zero-order chi connectivity index (χ0) is 23.6. The molecule has 1 aromatic rings. The monoisotopic (exact) mass is 454 g/mol. The average Bonchev–Trinajstić information content (AvgIpc) is 2.81. The second-order valence-electron chi connectivity index (χ2n) is 11.3. The lowest BCUT2D eigenvalue weighted by atomic mass is 9.51. The Morgan fingerprint density at radius 2 is 1.79 bits per heavy atom. The summed E-state index contributed by atoms with van der Waals surface area (Å²) < 4.78 is 0. The van der Waals surface area contributed by atoms with Crippen molar-refractivity contribution in [2.24, 2.45) is 29.1 Å². The molecule has 0 aromatic heterocycles. The summed E-state index contributed by atoms with van der Waals surface area (Å²) in [6.07, 6.45) is 7.19. The van der Waals surface area contributed by atoms with E-state index in [1.54, 1.807) is 0 Å². The van der Waals surface area contributed by atoms with Gasteiger partial charge in [0.2, 0.25) is 11.8 Å². The van der Waals surface area contributed by atoms with E-state index in [2.05, 4.69) is 19.2 Å². The number of likely N-dealkylation sites (tertiary alicyclic amines) is 1. The molecule has 182 valence electrons. The molecule has 2 saturated carbocycles. The summed E-state index contributed by atoms with van der Waals surface area (Å²) in [6, 6.07) is 9.92. The number of rotatable bonds is 5. The molecule has 2 N–H and O–H groups in total. The topological polar surface area (TPSA) is 69.6 Å². The SMILES string of the molecule is CC(C(=O)N1CCCCC1)C1CCC2(C)CCC(NC(=O)Cc3ccccc3)C(C)C2C1O. The van der Waals surface area contributed by atoms with Crippen LogP contribution >= 0.6 is 0 Å². The van der Waals surface area contributed by atoms with Crippen LogP contribution in [0.3, 0.4) is 0 Å². The minimum Gasteiger partial charge on any atom is -0.392 e. The molecule has 5 nitrogen and oxygen atoms in total. The number of carbonyl (C=O) groups is 2. The summed E-state index contributed by atoms with van der Waals surface area (Å²) in [7, 11) is 0. The highest BCUT2D eigenvalue weighted by Gasteiger charge is 2.54. The van der Waals surface area contributed by atoms with Gasteiger partial charge in [0.15, 0.2) is 0 Å². The maximum absolute atomic E-state index is 13.2. The minimum absolute atomic E-state index is 0.00118. The van der Waals surface area contributed by atoms with Crippen molar-refractivity contribution >= 4 is 11.8 Å². The average molecular weight is 455 g/mol. The number of aliphatic hydroxyl groups excluding tert-OH is 1. The highest BCUT2D eigenvalue weighted by Crippen LogP contribution is 2.55. The van der Waals surface area contributed by atoms with Crippen LogP contribution in [0.1, 0.15) is 71.3 Å². The summed E-state index contributed by atoms with van der Waals surface area (Å²) in [5.41, 5.74) is 1.09.